The molecule has 0 unspecified atom stereocenters. The summed E-state index contributed by atoms with van der Waals surface area (Å²) in [5, 5.41) is 2.67. The number of nitrogens with zero attached hydrogens (tertiary/aromatic N) is 1. The van der Waals surface area contributed by atoms with E-state index in [1.54, 1.807) is 14.2 Å². The summed E-state index contributed by atoms with van der Waals surface area (Å²) in [5.41, 5.74) is 0. The number of nitrogens with one attached hydrogen (secondary N) is 1. The van der Waals surface area contributed by atoms with Gasteiger partial charge in [-0.05, 0) is 19.3 Å². The second-order valence-electron chi connectivity index (χ2n) is 5.11. The predicted molar refractivity (Wildman–Crippen MR) is 68.4 cm³/mol. The number of ether oxygens (including phenoxy) is 2. The van der Waals surface area contributed by atoms with Crippen LogP contribution in [0.5, 0.6) is 0 Å². The molecule has 1 amide bonds. The van der Waals surface area contributed by atoms with Crippen molar-refractivity contribution in [3.8, 4) is 0 Å². The predicted octanol–water partition coefficient (Wildman–Crippen LogP) is 0.391. The molecule has 0 aromatic carbocycles. The molecular weight excluding hydrogens is 232 g/mol. The summed E-state index contributed by atoms with van der Waals surface area (Å²) in [6.45, 7) is 2.53. The van der Waals surface area contributed by atoms with E-state index in [0.717, 1.165) is 39.0 Å². The first kappa shape index (κ1) is 13.8. The van der Waals surface area contributed by atoms with Gasteiger partial charge in [-0.25, -0.2) is 0 Å². The zero-order valence-corrected chi connectivity index (χ0v) is 11.4. The number of rotatable bonds is 4. The van der Waals surface area contributed by atoms with Gasteiger partial charge in [0.25, 0.3) is 0 Å². The van der Waals surface area contributed by atoms with Gasteiger partial charge >= 0.3 is 0 Å². The molecule has 2 rings (SSSR count). The Labute approximate surface area is 109 Å². The van der Waals surface area contributed by atoms with E-state index >= 15 is 0 Å². The lowest BCUT2D eigenvalue weighted by molar-refractivity contribution is -0.126. The molecule has 0 bridgehead atoms. The van der Waals surface area contributed by atoms with Gasteiger partial charge in [0.1, 0.15) is 0 Å². The minimum Gasteiger partial charge on any atom is -0.381 e. The first-order chi connectivity index (χ1) is 8.74. The molecule has 1 saturated carbocycles. The fourth-order valence-electron chi connectivity index (χ4n) is 3.01. The molecule has 0 aromatic rings. The largest absolute Gasteiger partial charge is 0.381 e. The molecule has 0 radical (unpaired) electrons. The molecule has 2 aliphatic rings. The molecule has 18 heavy (non-hydrogen) atoms. The lowest BCUT2D eigenvalue weighted by Gasteiger charge is -2.45. The van der Waals surface area contributed by atoms with Gasteiger partial charge in [0, 0.05) is 39.7 Å². The van der Waals surface area contributed by atoms with Crippen LogP contribution in [0.2, 0.25) is 0 Å². The Morgan fingerprint density at radius 3 is 3.06 bits per heavy atom. The lowest BCUT2D eigenvalue weighted by Crippen LogP contribution is -2.55. The van der Waals surface area contributed by atoms with E-state index in [1.807, 2.05) is 0 Å². The number of methoxy groups -OCH3 is 1. The zero-order chi connectivity index (χ0) is 13.0. The quantitative estimate of drug-likeness (QED) is 0.790. The minimum atomic E-state index is 0.108. The molecule has 1 heterocycles. The van der Waals surface area contributed by atoms with Crippen LogP contribution in [0, 0.1) is 0 Å². The third kappa shape index (κ3) is 3.22. The van der Waals surface area contributed by atoms with Crippen molar-refractivity contribution in [3.63, 3.8) is 0 Å². The lowest BCUT2D eigenvalue weighted by atomic mass is 9.88. The maximum Gasteiger partial charge on any atom is 0.221 e. The summed E-state index contributed by atoms with van der Waals surface area (Å²) < 4.78 is 11.3. The summed E-state index contributed by atoms with van der Waals surface area (Å²) in [5.74, 6) is 0.108. The van der Waals surface area contributed by atoms with Gasteiger partial charge in [0.05, 0.1) is 18.8 Å². The highest BCUT2D eigenvalue weighted by Crippen LogP contribution is 2.29. The van der Waals surface area contributed by atoms with E-state index in [9.17, 15) is 4.79 Å². The van der Waals surface area contributed by atoms with Crippen molar-refractivity contribution in [2.24, 2.45) is 0 Å². The summed E-state index contributed by atoms with van der Waals surface area (Å²) in [6.07, 6.45) is 4.41. The second kappa shape index (κ2) is 6.50. The Bertz CT molecular complexity index is 285. The molecule has 0 spiro atoms. The van der Waals surface area contributed by atoms with Gasteiger partial charge in [0.2, 0.25) is 5.91 Å². The highest BCUT2D eigenvalue weighted by molar-refractivity contribution is 5.75. The minimum absolute atomic E-state index is 0.108. The van der Waals surface area contributed by atoms with Crippen molar-refractivity contribution < 1.29 is 14.3 Å². The number of carbonyl (C=O) groups excluding carboxylic acids is 1. The molecule has 2 fully saturated rings. The van der Waals surface area contributed by atoms with Gasteiger partial charge in [-0.15, -0.1) is 0 Å². The molecule has 5 nitrogen and oxygen atoms in total. The van der Waals surface area contributed by atoms with Crippen molar-refractivity contribution >= 4 is 5.91 Å². The van der Waals surface area contributed by atoms with Crippen molar-refractivity contribution in [2.45, 2.75) is 43.9 Å². The Balaban J connectivity index is 1.90. The van der Waals surface area contributed by atoms with Crippen LogP contribution < -0.4 is 5.32 Å². The van der Waals surface area contributed by atoms with Crippen LogP contribution >= 0.6 is 0 Å². The molecule has 1 aliphatic carbocycles. The Hall–Kier alpha value is -0.650. The summed E-state index contributed by atoms with van der Waals surface area (Å²) in [4.78, 5) is 13.7. The topological polar surface area (TPSA) is 50.8 Å². The molecule has 1 aliphatic heterocycles. The third-order valence-corrected chi connectivity index (χ3v) is 4.12. The van der Waals surface area contributed by atoms with Crippen LogP contribution in [0.1, 0.15) is 25.7 Å². The van der Waals surface area contributed by atoms with Crippen LogP contribution in [-0.2, 0) is 14.3 Å². The maximum atomic E-state index is 11.3. The number of fused-ring (bicyclic) bond motifs is 1. The van der Waals surface area contributed by atoms with Gasteiger partial charge in [-0.2, -0.15) is 0 Å². The van der Waals surface area contributed by atoms with E-state index in [0.29, 0.717) is 24.7 Å². The van der Waals surface area contributed by atoms with Crippen LogP contribution in [0.3, 0.4) is 0 Å². The molecule has 5 heteroatoms. The first-order valence-electron chi connectivity index (χ1n) is 6.83. The van der Waals surface area contributed by atoms with Crippen molar-refractivity contribution in [1.29, 1.82) is 0 Å². The number of morpholine rings is 1. The Morgan fingerprint density at radius 2 is 2.33 bits per heavy atom. The molecular formula is C13H24N2O3. The Morgan fingerprint density at radius 1 is 1.50 bits per heavy atom. The highest BCUT2D eigenvalue weighted by atomic mass is 16.5. The fraction of sp³-hybridized carbons (Fsp3) is 0.923. The summed E-state index contributed by atoms with van der Waals surface area (Å²) >= 11 is 0. The van der Waals surface area contributed by atoms with Crippen LogP contribution in [-0.4, -0.2) is 62.9 Å². The first-order valence-corrected chi connectivity index (χ1v) is 6.83. The van der Waals surface area contributed by atoms with Gasteiger partial charge in [0.15, 0.2) is 0 Å². The Kier molecular flexibility index (Phi) is 4.97. The van der Waals surface area contributed by atoms with E-state index < -0.39 is 0 Å². The zero-order valence-electron chi connectivity index (χ0n) is 11.4. The van der Waals surface area contributed by atoms with E-state index in [4.69, 9.17) is 9.47 Å². The highest BCUT2D eigenvalue weighted by Gasteiger charge is 2.37. The van der Waals surface area contributed by atoms with E-state index in [-0.39, 0.29) is 5.91 Å². The number of hydrogen-bond acceptors (Lipinski definition) is 4. The van der Waals surface area contributed by atoms with Gasteiger partial charge in [-0.1, -0.05) is 0 Å². The second-order valence-corrected chi connectivity index (χ2v) is 5.11. The molecule has 0 aromatic heterocycles. The van der Waals surface area contributed by atoms with Crippen molar-refractivity contribution in [2.75, 3.05) is 33.9 Å². The van der Waals surface area contributed by atoms with E-state index in [1.165, 1.54) is 0 Å². The molecule has 1 N–H and O–H groups in total. The maximum absolute atomic E-state index is 11.3. The average Bonchev–Trinajstić information content (AvgIpc) is 2.43. The SMILES string of the molecule is CNC(=O)CCN1CCO[C@H]2CC[C@@H](OC)C[C@@H]21. The van der Waals surface area contributed by atoms with Gasteiger partial charge < -0.3 is 14.8 Å². The van der Waals surface area contributed by atoms with Crippen LogP contribution in [0.4, 0.5) is 0 Å². The summed E-state index contributed by atoms with van der Waals surface area (Å²) in [6, 6.07) is 0.419. The fourth-order valence-corrected chi connectivity index (χ4v) is 3.01. The van der Waals surface area contributed by atoms with Gasteiger partial charge in [-0.3, -0.25) is 9.69 Å². The van der Waals surface area contributed by atoms with Crippen molar-refractivity contribution in [3.05, 3.63) is 0 Å². The average molecular weight is 256 g/mol. The smallest absolute Gasteiger partial charge is 0.221 e. The standard InChI is InChI=1S/C13H24N2O3/c1-14-13(16)5-6-15-7-8-18-12-4-3-10(17-2)9-11(12)15/h10-12H,3-9H2,1-2H3,(H,14,16)/t10-,11+,12+/m1/s1. The summed E-state index contributed by atoms with van der Waals surface area (Å²) in [7, 11) is 3.47. The number of amides is 1. The molecule has 104 valence electrons. The number of hydrogen-bond donors (Lipinski definition) is 1. The normalized spacial score (nSPS) is 32.9. The van der Waals surface area contributed by atoms with Crippen LogP contribution in [0.25, 0.3) is 0 Å². The van der Waals surface area contributed by atoms with Crippen LogP contribution in [0.15, 0.2) is 0 Å². The monoisotopic (exact) mass is 256 g/mol. The molecule has 3 atom stereocenters. The number of carbonyl (C=O) groups is 1. The third-order valence-electron chi connectivity index (χ3n) is 4.12. The van der Waals surface area contributed by atoms with Crippen molar-refractivity contribution in [1.82, 2.24) is 10.2 Å². The van der Waals surface area contributed by atoms with E-state index in [2.05, 4.69) is 10.2 Å². The molecule has 1 saturated heterocycles.